The number of rotatable bonds is 3. The second-order valence-corrected chi connectivity index (χ2v) is 3.98. The van der Waals surface area contributed by atoms with Crippen molar-refractivity contribution >= 4 is 0 Å². The van der Waals surface area contributed by atoms with Crippen LogP contribution in [0.25, 0.3) is 0 Å². The Morgan fingerprint density at radius 1 is 0.929 bits per heavy atom. The first-order valence-corrected chi connectivity index (χ1v) is 4.99. The Morgan fingerprint density at radius 2 is 1.43 bits per heavy atom. The summed E-state index contributed by atoms with van der Waals surface area (Å²) >= 11 is 0. The summed E-state index contributed by atoms with van der Waals surface area (Å²) in [5, 5.41) is 0. The summed E-state index contributed by atoms with van der Waals surface area (Å²) < 4.78 is 16.2. The second kappa shape index (κ2) is 5.07. The third kappa shape index (κ3) is 2.08. The van der Waals surface area contributed by atoms with Gasteiger partial charge in [-0.15, -0.1) is 0 Å². The molecule has 0 bridgehead atoms. The zero-order valence-electron chi connectivity index (χ0n) is 9.40. The third-order valence-corrected chi connectivity index (χ3v) is 3.09. The summed E-state index contributed by atoms with van der Waals surface area (Å²) in [5.41, 5.74) is 6.00. The second-order valence-electron chi connectivity index (χ2n) is 3.98. The van der Waals surface area contributed by atoms with Crippen molar-refractivity contribution in [2.45, 2.75) is 37.7 Å². The molecular weight excluding hydrogens is 182 g/mol. The number of ether oxygens (including phenoxy) is 3. The van der Waals surface area contributed by atoms with Crippen molar-refractivity contribution in [2.24, 2.45) is 11.7 Å². The molecule has 0 aliphatic heterocycles. The summed E-state index contributed by atoms with van der Waals surface area (Å²) in [6.45, 7) is 2.13. The van der Waals surface area contributed by atoms with Crippen molar-refractivity contribution in [1.82, 2.24) is 0 Å². The monoisotopic (exact) mass is 203 g/mol. The summed E-state index contributed by atoms with van der Waals surface area (Å²) in [6.07, 6.45) is 0.853. The Kier molecular flexibility index (Phi) is 4.31. The standard InChI is InChI=1S/C10H21NO3/c1-6-5-7(11)9(13-3)10(14-4)8(6)12-2/h6-10H,5,11H2,1-4H3/t6-,7+,8?,9-,10-/m1/s1. The van der Waals surface area contributed by atoms with Gasteiger partial charge in [0.05, 0.1) is 6.10 Å². The van der Waals surface area contributed by atoms with E-state index in [1.54, 1.807) is 21.3 Å². The molecule has 0 aromatic heterocycles. The van der Waals surface area contributed by atoms with Crippen LogP contribution in [-0.4, -0.2) is 45.7 Å². The van der Waals surface area contributed by atoms with Crippen molar-refractivity contribution in [2.75, 3.05) is 21.3 Å². The lowest BCUT2D eigenvalue weighted by molar-refractivity contribution is -0.152. The minimum atomic E-state index is -0.0684. The van der Waals surface area contributed by atoms with Crippen LogP contribution in [0.1, 0.15) is 13.3 Å². The summed E-state index contributed by atoms with van der Waals surface area (Å²) in [4.78, 5) is 0. The van der Waals surface area contributed by atoms with E-state index in [0.717, 1.165) is 6.42 Å². The largest absolute Gasteiger partial charge is 0.378 e. The lowest BCUT2D eigenvalue weighted by Gasteiger charge is -2.42. The number of nitrogens with two attached hydrogens (primary N) is 1. The maximum atomic E-state index is 6.00. The molecule has 1 aliphatic rings. The Labute approximate surface area is 85.7 Å². The van der Waals surface area contributed by atoms with Crippen LogP contribution in [0.15, 0.2) is 0 Å². The molecule has 4 heteroatoms. The molecule has 5 atom stereocenters. The van der Waals surface area contributed by atoms with Gasteiger partial charge in [-0.3, -0.25) is 0 Å². The van der Waals surface area contributed by atoms with Crippen LogP contribution < -0.4 is 5.73 Å². The van der Waals surface area contributed by atoms with Crippen LogP contribution in [0, 0.1) is 5.92 Å². The predicted octanol–water partition coefficient (Wildman–Crippen LogP) is 0.399. The highest BCUT2D eigenvalue weighted by Crippen LogP contribution is 2.29. The van der Waals surface area contributed by atoms with Gasteiger partial charge in [-0.05, 0) is 12.3 Å². The molecule has 0 radical (unpaired) electrons. The van der Waals surface area contributed by atoms with Crippen molar-refractivity contribution < 1.29 is 14.2 Å². The van der Waals surface area contributed by atoms with Crippen LogP contribution in [0.4, 0.5) is 0 Å². The van der Waals surface area contributed by atoms with Crippen molar-refractivity contribution in [1.29, 1.82) is 0 Å². The van der Waals surface area contributed by atoms with Crippen LogP contribution in [0.3, 0.4) is 0 Å². The fourth-order valence-electron chi connectivity index (χ4n) is 2.40. The van der Waals surface area contributed by atoms with Gasteiger partial charge >= 0.3 is 0 Å². The van der Waals surface area contributed by atoms with Gasteiger partial charge in [0.2, 0.25) is 0 Å². The first-order valence-electron chi connectivity index (χ1n) is 4.99. The van der Waals surface area contributed by atoms with E-state index in [4.69, 9.17) is 19.9 Å². The highest BCUT2D eigenvalue weighted by atomic mass is 16.6. The zero-order chi connectivity index (χ0) is 10.7. The van der Waals surface area contributed by atoms with Gasteiger partial charge in [-0.2, -0.15) is 0 Å². The Balaban J connectivity index is 2.76. The van der Waals surface area contributed by atoms with Crippen LogP contribution in [0.2, 0.25) is 0 Å². The fourth-order valence-corrected chi connectivity index (χ4v) is 2.40. The normalized spacial score (nSPS) is 43.9. The van der Waals surface area contributed by atoms with Gasteiger partial charge in [0.1, 0.15) is 12.2 Å². The molecule has 1 rings (SSSR count). The lowest BCUT2D eigenvalue weighted by atomic mass is 9.80. The molecule has 0 aromatic carbocycles. The number of hydrogen-bond acceptors (Lipinski definition) is 4. The smallest absolute Gasteiger partial charge is 0.111 e. The summed E-state index contributed by atoms with van der Waals surface area (Å²) in [6, 6.07) is 0.0337. The number of methoxy groups -OCH3 is 3. The van der Waals surface area contributed by atoms with Gasteiger partial charge in [0.25, 0.3) is 0 Å². The molecule has 0 spiro atoms. The maximum absolute atomic E-state index is 6.00. The SMILES string of the molecule is COC1[C@H](C)C[C@H](N)[C@@H](OC)[C@@H]1OC. The van der Waals surface area contributed by atoms with Crippen LogP contribution >= 0.6 is 0 Å². The van der Waals surface area contributed by atoms with Gasteiger partial charge in [0, 0.05) is 27.4 Å². The van der Waals surface area contributed by atoms with E-state index in [0.29, 0.717) is 5.92 Å². The molecule has 0 saturated heterocycles. The quantitative estimate of drug-likeness (QED) is 0.721. The molecule has 2 N–H and O–H groups in total. The van der Waals surface area contributed by atoms with Gasteiger partial charge in [-0.25, -0.2) is 0 Å². The average molecular weight is 203 g/mol. The van der Waals surface area contributed by atoms with Crippen molar-refractivity contribution in [3.8, 4) is 0 Å². The van der Waals surface area contributed by atoms with E-state index in [1.165, 1.54) is 0 Å². The zero-order valence-corrected chi connectivity index (χ0v) is 9.40. The van der Waals surface area contributed by atoms with Crippen molar-refractivity contribution in [3.05, 3.63) is 0 Å². The summed E-state index contributed by atoms with van der Waals surface area (Å²) in [7, 11) is 5.05. The van der Waals surface area contributed by atoms with Crippen molar-refractivity contribution in [3.63, 3.8) is 0 Å². The average Bonchev–Trinajstić information content (AvgIpc) is 2.16. The molecule has 0 aromatic rings. The molecule has 4 nitrogen and oxygen atoms in total. The van der Waals surface area contributed by atoms with Gasteiger partial charge in [-0.1, -0.05) is 6.92 Å². The molecule has 1 unspecified atom stereocenters. The Bertz CT molecular complexity index is 161. The van der Waals surface area contributed by atoms with Crippen LogP contribution in [-0.2, 0) is 14.2 Å². The van der Waals surface area contributed by atoms with E-state index < -0.39 is 0 Å². The Morgan fingerprint density at radius 3 is 1.86 bits per heavy atom. The minimum absolute atomic E-state index is 0.0337. The molecule has 1 fully saturated rings. The molecule has 84 valence electrons. The molecular formula is C10H21NO3. The topological polar surface area (TPSA) is 53.7 Å². The first-order chi connectivity index (χ1) is 6.65. The molecule has 1 aliphatic carbocycles. The third-order valence-electron chi connectivity index (χ3n) is 3.09. The molecule has 0 amide bonds. The predicted molar refractivity (Wildman–Crippen MR) is 54.1 cm³/mol. The highest BCUT2D eigenvalue weighted by molar-refractivity contribution is 4.95. The van der Waals surface area contributed by atoms with E-state index in [-0.39, 0.29) is 24.4 Å². The lowest BCUT2D eigenvalue weighted by Crippen LogP contribution is -2.58. The highest BCUT2D eigenvalue weighted by Gasteiger charge is 2.42. The fraction of sp³-hybridized carbons (Fsp3) is 1.00. The minimum Gasteiger partial charge on any atom is -0.378 e. The number of hydrogen-bond donors (Lipinski definition) is 1. The van der Waals surface area contributed by atoms with Gasteiger partial charge < -0.3 is 19.9 Å². The van der Waals surface area contributed by atoms with E-state index in [1.807, 2.05) is 0 Å². The van der Waals surface area contributed by atoms with E-state index >= 15 is 0 Å². The Hall–Kier alpha value is -0.160. The van der Waals surface area contributed by atoms with Crippen LogP contribution in [0.5, 0.6) is 0 Å². The maximum Gasteiger partial charge on any atom is 0.111 e. The summed E-state index contributed by atoms with van der Waals surface area (Å²) in [5.74, 6) is 0.409. The van der Waals surface area contributed by atoms with E-state index in [2.05, 4.69) is 6.92 Å². The molecule has 0 heterocycles. The van der Waals surface area contributed by atoms with E-state index in [9.17, 15) is 0 Å². The molecule has 14 heavy (non-hydrogen) atoms. The van der Waals surface area contributed by atoms with Gasteiger partial charge in [0.15, 0.2) is 0 Å². The molecule has 1 saturated carbocycles. The first kappa shape index (κ1) is 11.9.